The van der Waals surface area contributed by atoms with Gasteiger partial charge in [0.1, 0.15) is 10.9 Å². The molecule has 10 heteroatoms. The Labute approximate surface area is 292 Å². The molecule has 1 unspecified atom stereocenters. The van der Waals surface area contributed by atoms with Crippen molar-refractivity contribution in [1.82, 2.24) is 5.32 Å². The number of hydrogen-bond donors (Lipinski definition) is 3. The Kier molecular flexibility index (Phi) is 11.4. The molecule has 47 heavy (non-hydrogen) atoms. The van der Waals surface area contributed by atoms with Gasteiger partial charge in [0.05, 0.1) is 0 Å². The lowest BCUT2D eigenvalue weighted by Crippen LogP contribution is -2.30. The molecule has 0 aliphatic rings. The molecule has 6 nitrogen and oxygen atoms in total. The molecule has 0 aliphatic carbocycles. The quantitative estimate of drug-likeness (QED) is 0.100. The van der Waals surface area contributed by atoms with Gasteiger partial charge in [-0.3, -0.25) is 14.4 Å². The Balaban J connectivity index is 1.35. The minimum absolute atomic E-state index is 0.0151. The number of benzene rings is 5. The fraction of sp³-hybridized carbons (Fsp3) is 0.0541. The van der Waals surface area contributed by atoms with E-state index in [-0.39, 0.29) is 11.6 Å². The number of thioether (sulfide) groups is 1. The standard InChI is InChI=1S/C37H28Cl3N3O3S/c1-23-30(39)13-8-14-32(23)42-37(46)34(24-9-4-2-5-10-24)47-29-19-17-28(18-20-29)41-36(45)33(21-26-15-16-27(38)22-31(26)40)43-35(44)25-11-6-3-7-12-25/h2-22,34H,1H3,(H,41,45)(H,42,46)(H,43,44)/b33-21-. The van der Waals surface area contributed by atoms with E-state index in [0.29, 0.717) is 37.6 Å². The SMILES string of the molecule is Cc1c(Cl)cccc1NC(=O)C(Sc1ccc(NC(=O)/C(=C/c2ccc(Cl)cc2Cl)NC(=O)c2ccccc2)cc1)c1ccccc1. The lowest BCUT2D eigenvalue weighted by Gasteiger charge is -2.18. The number of halogens is 3. The molecule has 0 aliphatic heterocycles. The van der Waals surface area contributed by atoms with E-state index < -0.39 is 17.1 Å². The second-order valence-electron chi connectivity index (χ2n) is 10.3. The first-order valence-electron chi connectivity index (χ1n) is 14.4. The Morgan fingerprint density at radius 3 is 2.09 bits per heavy atom. The summed E-state index contributed by atoms with van der Waals surface area (Å²) in [5.74, 6) is -1.21. The highest BCUT2D eigenvalue weighted by Crippen LogP contribution is 2.37. The Hall–Kier alpha value is -4.53. The lowest BCUT2D eigenvalue weighted by atomic mass is 10.1. The molecule has 0 radical (unpaired) electrons. The molecule has 5 aromatic rings. The van der Waals surface area contributed by atoms with Gasteiger partial charge in [-0.1, -0.05) is 95.5 Å². The molecule has 236 valence electrons. The molecule has 3 N–H and O–H groups in total. The lowest BCUT2D eigenvalue weighted by molar-refractivity contribution is -0.116. The van der Waals surface area contributed by atoms with Crippen molar-refractivity contribution >= 4 is 81.7 Å². The second-order valence-corrected chi connectivity index (χ2v) is 12.8. The van der Waals surface area contributed by atoms with Gasteiger partial charge < -0.3 is 16.0 Å². The maximum atomic E-state index is 13.6. The molecular formula is C37H28Cl3N3O3S. The highest BCUT2D eigenvalue weighted by molar-refractivity contribution is 8.00. The van der Waals surface area contributed by atoms with Crippen molar-refractivity contribution in [3.63, 3.8) is 0 Å². The van der Waals surface area contributed by atoms with Gasteiger partial charge in [0.25, 0.3) is 11.8 Å². The summed E-state index contributed by atoms with van der Waals surface area (Å²) < 4.78 is 0. The van der Waals surface area contributed by atoms with Crippen LogP contribution in [0.15, 0.2) is 132 Å². The maximum absolute atomic E-state index is 13.6. The van der Waals surface area contributed by atoms with Crippen LogP contribution >= 0.6 is 46.6 Å². The first kappa shape index (κ1) is 33.8. The van der Waals surface area contributed by atoms with Gasteiger partial charge in [0, 0.05) is 36.9 Å². The number of carbonyl (C=O) groups excluding carboxylic acids is 3. The first-order valence-corrected chi connectivity index (χ1v) is 16.4. The summed E-state index contributed by atoms with van der Waals surface area (Å²) in [6.45, 7) is 1.85. The summed E-state index contributed by atoms with van der Waals surface area (Å²) in [4.78, 5) is 40.8. The van der Waals surface area contributed by atoms with E-state index in [1.807, 2.05) is 55.5 Å². The highest BCUT2D eigenvalue weighted by atomic mass is 35.5. The van der Waals surface area contributed by atoms with Gasteiger partial charge in [-0.25, -0.2) is 0 Å². The van der Waals surface area contributed by atoms with E-state index in [1.54, 1.807) is 72.8 Å². The number of rotatable bonds is 10. The third-order valence-corrected chi connectivity index (χ3v) is 9.26. The molecule has 0 saturated carbocycles. The normalized spacial score (nSPS) is 11.8. The van der Waals surface area contributed by atoms with E-state index in [9.17, 15) is 14.4 Å². The molecular weight excluding hydrogens is 673 g/mol. The summed E-state index contributed by atoms with van der Waals surface area (Å²) in [6.07, 6.45) is 1.49. The maximum Gasteiger partial charge on any atom is 0.272 e. The van der Waals surface area contributed by atoms with Crippen LogP contribution in [0.4, 0.5) is 11.4 Å². The van der Waals surface area contributed by atoms with E-state index in [0.717, 1.165) is 16.0 Å². The number of anilines is 2. The summed E-state index contributed by atoms with van der Waals surface area (Å²) >= 11 is 20.1. The van der Waals surface area contributed by atoms with Crippen LogP contribution in [0.2, 0.25) is 15.1 Å². The highest BCUT2D eigenvalue weighted by Gasteiger charge is 2.23. The smallest absolute Gasteiger partial charge is 0.272 e. The molecule has 5 rings (SSSR count). The van der Waals surface area contributed by atoms with Crippen LogP contribution < -0.4 is 16.0 Å². The van der Waals surface area contributed by atoms with Gasteiger partial charge in [0.15, 0.2) is 0 Å². The van der Waals surface area contributed by atoms with Gasteiger partial charge in [-0.15, -0.1) is 11.8 Å². The zero-order valence-electron chi connectivity index (χ0n) is 25.0. The number of amides is 3. The minimum Gasteiger partial charge on any atom is -0.325 e. The average Bonchev–Trinajstić information content (AvgIpc) is 3.08. The topological polar surface area (TPSA) is 87.3 Å². The molecule has 1 atom stereocenters. The molecule has 0 fully saturated rings. The summed E-state index contributed by atoms with van der Waals surface area (Å²) in [6, 6.07) is 35.4. The number of hydrogen-bond acceptors (Lipinski definition) is 4. The van der Waals surface area contributed by atoms with Crippen molar-refractivity contribution in [3.05, 3.63) is 164 Å². The third-order valence-electron chi connectivity index (χ3n) is 7.02. The monoisotopic (exact) mass is 699 g/mol. The summed E-state index contributed by atoms with van der Waals surface area (Å²) in [5, 5.41) is 9.31. The molecule has 0 heterocycles. The number of carbonyl (C=O) groups is 3. The molecule has 5 aromatic carbocycles. The van der Waals surface area contributed by atoms with Crippen molar-refractivity contribution in [1.29, 1.82) is 0 Å². The van der Waals surface area contributed by atoms with Gasteiger partial charge in [0.2, 0.25) is 5.91 Å². The molecule has 3 amide bonds. The van der Waals surface area contributed by atoms with Crippen LogP contribution in [0.1, 0.15) is 32.3 Å². The summed E-state index contributed by atoms with van der Waals surface area (Å²) in [5.41, 5.74) is 3.61. The van der Waals surface area contributed by atoms with Crippen LogP contribution in [-0.4, -0.2) is 17.7 Å². The predicted octanol–water partition coefficient (Wildman–Crippen LogP) is 9.84. The van der Waals surface area contributed by atoms with Gasteiger partial charge in [-0.05, 0) is 90.4 Å². The third kappa shape index (κ3) is 9.05. The largest absolute Gasteiger partial charge is 0.325 e. The molecule has 0 spiro atoms. The summed E-state index contributed by atoms with van der Waals surface area (Å²) in [7, 11) is 0. The van der Waals surface area contributed by atoms with E-state index in [1.165, 1.54) is 17.8 Å². The fourth-order valence-corrected chi connectivity index (χ4v) is 6.17. The second kappa shape index (κ2) is 15.8. The van der Waals surface area contributed by atoms with Crippen molar-refractivity contribution in [3.8, 4) is 0 Å². The van der Waals surface area contributed by atoms with Crippen LogP contribution in [0.25, 0.3) is 6.08 Å². The molecule has 0 saturated heterocycles. The van der Waals surface area contributed by atoms with Crippen molar-refractivity contribution in [2.24, 2.45) is 0 Å². The van der Waals surface area contributed by atoms with Crippen LogP contribution in [0.3, 0.4) is 0 Å². The van der Waals surface area contributed by atoms with Crippen LogP contribution in [0.5, 0.6) is 0 Å². The minimum atomic E-state index is -0.568. The van der Waals surface area contributed by atoms with Gasteiger partial charge in [-0.2, -0.15) is 0 Å². The van der Waals surface area contributed by atoms with Crippen molar-refractivity contribution in [2.45, 2.75) is 17.1 Å². The Bertz CT molecular complexity index is 1940. The van der Waals surface area contributed by atoms with Gasteiger partial charge >= 0.3 is 0 Å². The predicted molar refractivity (Wildman–Crippen MR) is 193 cm³/mol. The fourth-order valence-electron chi connectivity index (χ4n) is 4.51. The van der Waals surface area contributed by atoms with E-state index in [4.69, 9.17) is 34.8 Å². The Morgan fingerprint density at radius 1 is 0.723 bits per heavy atom. The molecule has 0 bridgehead atoms. The first-order chi connectivity index (χ1) is 22.7. The number of nitrogens with one attached hydrogen (secondary N) is 3. The zero-order chi connectivity index (χ0) is 33.3. The van der Waals surface area contributed by atoms with Crippen LogP contribution in [-0.2, 0) is 9.59 Å². The molecule has 0 aromatic heterocycles. The Morgan fingerprint density at radius 2 is 1.40 bits per heavy atom. The average molecular weight is 701 g/mol. The zero-order valence-corrected chi connectivity index (χ0v) is 28.1. The van der Waals surface area contributed by atoms with E-state index in [2.05, 4.69) is 16.0 Å². The van der Waals surface area contributed by atoms with Crippen molar-refractivity contribution < 1.29 is 14.4 Å². The van der Waals surface area contributed by atoms with Crippen LogP contribution in [0, 0.1) is 6.92 Å². The van der Waals surface area contributed by atoms with E-state index >= 15 is 0 Å². The van der Waals surface area contributed by atoms with Crippen molar-refractivity contribution in [2.75, 3.05) is 10.6 Å².